The average molecular weight is 861 g/mol. The Balaban J connectivity index is 0.000000217. The van der Waals surface area contributed by atoms with Gasteiger partial charge in [0.1, 0.15) is 5.82 Å². The van der Waals surface area contributed by atoms with Crippen LogP contribution in [0.15, 0.2) is 116 Å². The Morgan fingerprint density at radius 2 is 1.54 bits per heavy atom. The fourth-order valence-corrected chi connectivity index (χ4v) is 8.65. The molecular formula is C40H35FGeIrN2S-2. The van der Waals surface area contributed by atoms with Crippen molar-refractivity contribution in [2.75, 3.05) is 0 Å². The van der Waals surface area contributed by atoms with Gasteiger partial charge in [0.05, 0.1) is 4.70 Å². The summed E-state index contributed by atoms with van der Waals surface area (Å²) in [4.78, 5) is 9.06. The maximum atomic E-state index is 15.5. The Morgan fingerprint density at radius 1 is 0.783 bits per heavy atom. The minimum absolute atomic E-state index is 0. The summed E-state index contributed by atoms with van der Waals surface area (Å²) in [7, 11) is 0. The van der Waals surface area contributed by atoms with Gasteiger partial charge in [-0.2, -0.15) is 11.3 Å². The number of hydrogen-bond donors (Lipinski definition) is 0. The number of rotatable bonds is 5. The van der Waals surface area contributed by atoms with Crippen molar-refractivity contribution in [3.05, 3.63) is 139 Å². The molecule has 0 aliphatic heterocycles. The van der Waals surface area contributed by atoms with Crippen LogP contribution in [0.3, 0.4) is 0 Å². The van der Waals surface area contributed by atoms with E-state index in [-0.39, 0.29) is 25.9 Å². The van der Waals surface area contributed by atoms with Crippen molar-refractivity contribution in [2.45, 2.75) is 37.0 Å². The standard InChI is InChI=1S/C26H19FNS.C14H16GeN.Ir/c1-16(2)18-13-14-28-23(15-18)22-10-6-9-20-21-12-11-19(17-7-4-3-5-8-17)24(27)26(21)29-25(20)22;1-15(2,3)13-9-10-14(16-11-13)12-7-5-4-6-8-12;/h3-9,11-16H,1-2H3;4-7,9-11H,1-3H3;/q2*-1;/i16D;;. The molecular weight excluding hydrogens is 824 g/mol. The Bertz CT molecular complexity index is 2120. The molecule has 0 bridgehead atoms. The molecule has 0 N–H and O–H groups in total. The SMILES string of the molecule is [2H]C(C)(C)c1ccnc(-c2[c-]ccc3c2sc2c(F)c(-c4ccccc4)ccc23)c1.[CH3][Ge]([CH3])([CH3])[c]1ccc(-c2[c-]cccc2)nc1.[Ir]. The van der Waals surface area contributed by atoms with Crippen molar-refractivity contribution < 1.29 is 25.9 Å². The van der Waals surface area contributed by atoms with Gasteiger partial charge in [0.15, 0.2) is 0 Å². The summed E-state index contributed by atoms with van der Waals surface area (Å²) in [5.74, 6) is 6.23. The van der Waals surface area contributed by atoms with Crippen LogP contribution in [-0.2, 0) is 20.1 Å². The van der Waals surface area contributed by atoms with Gasteiger partial charge in [0, 0.05) is 33.2 Å². The van der Waals surface area contributed by atoms with E-state index in [4.69, 9.17) is 1.37 Å². The second-order valence-corrected chi connectivity index (χ2v) is 23.9. The first-order valence-corrected chi connectivity index (χ1v) is 23.2. The molecule has 0 spiro atoms. The molecule has 4 aromatic carbocycles. The maximum Gasteiger partial charge on any atom is 0 e. The van der Waals surface area contributed by atoms with Crippen LogP contribution in [0.2, 0.25) is 17.3 Å². The molecule has 46 heavy (non-hydrogen) atoms. The summed E-state index contributed by atoms with van der Waals surface area (Å²) in [5, 5.41) is 1.90. The van der Waals surface area contributed by atoms with Gasteiger partial charge in [-0.25, -0.2) is 4.39 Å². The van der Waals surface area contributed by atoms with E-state index in [0.717, 1.165) is 49.1 Å². The number of fused-ring (bicyclic) bond motifs is 3. The number of thiophene rings is 1. The minimum atomic E-state index is -1.72. The van der Waals surface area contributed by atoms with Crippen LogP contribution in [0.25, 0.3) is 53.8 Å². The van der Waals surface area contributed by atoms with E-state index in [2.05, 4.69) is 51.5 Å². The van der Waals surface area contributed by atoms with Crippen LogP contribution in [0.1, 0.15) is 26.7 Å². The van der Waals surface area contributed by atoms with Crippen molar-refractivity contribution in [1.29, 1.82) is 0 Å². The summed E-state index contributed by atoms with van der Waals surface area (Å²) >= 11 is -0.277. The largest absolute Gasteiger partial charge is 0 e. The van der Waals surface area contributed by atoms with E-state index < -0.39 is 19.2 Å². The summed E-state index contributed by atoms with van der Waals surface area (Å²) in [6, 6.07) is 39.9. The number of aromatic nitrogens is 2. The summed E-state index contributed by atoms with van der Waals surface area (Å²) < 4.78 is 26.9. The Hall–Kier alpha value is -3.48. The zero-order valence-electron chi connectivity index (χ0n) is 27.5. The van der Waals surface area contributed by atoms with E-state index in [1.165, 1.54) is 15.7 Å². The normalized spacial score (nSPS) is 11.8. The van der Waals surface area contributed by atoms with Gasteiger partial charge in [0.2, 0.25) is 0 Å². The van der Waals surface area contributed by atoms with Gasteiger partial charge in [-0.1, -0.05) is 73.3 Å². The van der Waals surface area contributed by atoms with E-state index in [9.17, 15) is 0 Å². The fourth-order valence-electron chi connectivity index (χ4n) is 5.23. The zero-order valence-corrected chi connectivity index (χ0v) is 31.8. The predicted molar refractivity (Wildman–Crippen MR) is 192 cm³/mol. The van der Waals surface area contributed by atoms with Crippen molar-refractivity contribution >= 4 is 49.2 Å². The molecule has 3 aromatic heterocycles. The minimum Gasteiger partial charge on any atom is 0 e. The topological polar surface area (TPSA) is 25.8 Å². The van der Waals surface area contributed by atoms with Gasteiger partial charge in [-0.05, 0) is 33.3 Å². The molecule has 1 radical (unpaired) electrons. The van der Waals surface area contributed by atoms with Crippen LogP contribution in [0.4, 0.5) is 4.39 Å². The molecule has 7 aromatic rings. The van der Waals surface area contributed by atoms with E-state index in [0.29, 0.717) is 10.3 Å². The first kappa shape index (κ1) is 32.5. The third-order valence-electron chi connectivity index (χ3n) is 7.83. The van der Waals surface area contributed by atoms with Crippen LogP contribution in [0, 0.1) is 17.9 Å². The van der Waals surface area contributed by atoms with Crippen LogP contribution >= 0.6 is 11.3 Å². The van der Waals surface area contributed by atoms with Crippen LogP contribution < -0.4 is 4.40 Å². The molecule has 0 fully saturated rings. The van der Waals surface area contributed by atoms with Crippen molar-refractivity contribution in [3.8, 4) is 33.6 Å². The van der Waals surface area contributed by atoms with Gasteiger partial charge in [0.25, 0.3) is 0 Å². The van der Waals surface area contributed by atoms with Gasteiger partial charge >= 0.3 is 99.8 Å². The fraction of sp³-hybridized carbons (Fsp3) is 0.150. The van der Waals surface area contributed by atoms with Crippen LogP contribution in [-0.4, -0.2) is 23.2 Å². The molecule has 7 rings (SSSR count). The van der Waals surface area contributed by atoms with Gasteiger partial charge < -0.3 is 4.98 Å². The average Bonchev–Trinajstić information content (AvgIpc) is 3.45. The van der Waals surface area contributed by atoms with E-state index in [1.807, 2.05) is 111 Å². The molecule has 0 aliphatic carbocycles. The quantitative estimate of drug-likeness (QED) is 0.127. The molecule has 0 unspecified atom stereocenters. The molecule has 3 heterocycles. The number of halogens is 1. The Morgan fingerprint density at radius 3 is 2.22 bits per heavy atom. The van der Waals surface area contributed by atoms with Crippen molar-refractivity contribution in [3.63, 3.8) is 0 Å². The van der Waals surface area contributed by atoms with Gasteiger partial charge in [-0.15, -0.1) is 23.8 Å². The molecule has 0 amide bonds. The third kappa shape index (κ3) is 7.24. The molecule has 0 aliphatic rings. The number of pyridine rings is 2. The maximum absolute atomic E-state index is 15.5. The second kappa shape index (κ2) is 14.5. The molecule has 0 saturated heterocycles. The molecule has 233 valence electrons. The van der Waals surface area contributed by atoms with E-state index >= 15 is 4.39 Å². The molecule has 0 atom stereocenters. The number of hydrogen-bond acceptors (Lipinski definition) is 3. The summed E-state index contributed by atoms with van der Waals surface area (Å²) in [6.07, 6.45) is 3.77. The number of benzene rings is 4. The predicted octanol–water partition coefficient (Wildman–Crippen LogP) is 10.9. The third-order valence-corrected chi connectivity index (χ3v) is 13.3. The smallest absolute Gasteiger partial charge is 0 e. The summed E-state index contributed by atoms with van der Waals surface area (Å²) in [5.41, 5.74) is 6.04. The zero-order chi connectivity index (χ0) is 32.5. The van der Waals surface area contributed by atoms with Crippen LogP contribution in [0.5, 0.6) is 0 Å². The first-order valence-electron chi connectivity index (χ1n) is 15.5. The first-order chi connectivity index (χ1) is 22.0. The Labute approximate surface area is 292 Å². The molecule has 0 saturated carbocycles. The number of nitrogens with zero attached hydrogens (tertiary/aromatic N) is 2. The molecule has 6 heteroatoms. The molecule has 2 nitrogen and oxygen atoms in total. The second-order valence-electron chi connectivity index (χ2n) is 12.3. The van der Waals surface area contributed by atoms with Crippen molar-refractivity contribution in [2.24, 2.45) is 0 Å². The van der Waals surface area contributed by atoms with Gasteiger partial charge in [-0.3, -0.25) is 0 Å². The van der Waals surface area contributed by atoms with E-state index in [1.54, 1.807) is 6.20 Å². The van der Waals surface area contributed by atoms with Crippen molar-refractivity contribution in [1.82, 2.24) is 9.97 Å². The Kier molecular flexibility index (Phi) is 10.2. The summed E-state index contributed by atoms with van der Waals surface area (Å²) in [6.45, 7) is 3.71. The monoisotopic (exact) mass is 862 g/mol.